The van der Waals surface area contributed by atoms with E-state index in [0.717, 1.165) is 16.6 Å². The first kappa shape index (κ1) is 14.3. The number of amides is 1. The second kappa shape index (κ2) is 5.65. The quantitative estimate of drug-likeness (QED) is 0.669. The average Bonchev–Trinajstić information content (AvgIpc) is 3.16. The maximum Gasteiger partial charge on any atom is 0.226 e. The molecule has 1 amide bonds. The van der Waals surface area contributed by atoms with Crippen molar-refractivity contribution >= 4 is 16.8 Å². The van der Waals surface area contributed by atoms with Gasteiger partial charge >= 0.3 is 0 Å². The van der Waals surface area contributed by atoms with Crippen LogP contribution in [0.2, 0.25) is 0 Å². The van der Waals surface area contributed by atoms with Crippen LogP contribution >= 0.6 is 0 Å². The Morgan fingerprint density at radius 3 is 2.95 bits per heavy atom. The van der Waals surface area contributed by atoms with Gasteiger partial charge in [0, 0.05) is 5.39 Å². The number of hydrogen-bond acceptors (Lipinski definition) is 4. The van der Waals surface area contributed by atoms with Crippen LogP contribution in [0.15, 0.2) is 47.1 Å². The predicted molar refractivity (Wildman–Crippen MR) is 81.1 cm³/mol. The molecule has 2 heterocycles. The first-order chi connectivity index (χ1) is 10.6. The number of carbonyl (C=O) groups is 1. The molecule has 3 N–H and O–H groups in total. The molecule has 6 heteroatoms. The molecule has 114 valence electrons. The van der Waals surface area contributed by atoms with Gasteiger partial charge in [0.25, 0.3) is 0 Å². The van der Waals surface area contributed by atoms with Crippen LogP contribution in [-0.2, 0) is 16.8 Å². The van der Waals surface area contributed by atoms with Gasteiger partial charge in [-0.3, -0.25) is 9.89 Å². The third-order valence-corrected chi connectivity index (χ3v) is 3.56. The van der Waals surface area contributed by atoms with Crippen molar-refractivity contribution in [3.63, 3.8) is 0 Å². The van der Waals surface area contributed by atoms with Gasteiger partial charge in [0.05, 0.1) is 30.4 Å². The molecule has 0 unspecified atom stereocenters. The number of H-pyrrole nitrogens is 1. The van der Waals surface area contributed by atoms with E-state index in [1.165, 1.54) is 6.26 Å². The van der Waals surface area contributed by atoms with E-state index in [0.29, 0.717) is 5.76 Å². The molecule has 0 aliphatic heterocycles. The minimum absolute atomic E-state index is 0.0748. The standard InChI is InChI=1S/C16H17N3O3/c1-16(21,14-7-4-8-22-14)10-17-15(20)9-13-11-5-2-3-6-12(11)18-19-13/h2-8,21H,9-10H2,1H3,(H,17,20)(H,18,19)/t16-/m0/s1. The maximum absolute atomic E-state index is 12.1. The summed E-state index contributed by atoms with van der Waals surface area (Å²) in [6.07, 6.45) is 1.66. The number of nitrogens with zero attached hydrogens (tertiary/aromatic N) is 1. The molecule has 0 radical (unpaired) electrons. The Morgan fingerprint density at radius 1 is 1.36 bits per heavy atom. The van der Waals surface area contributed by atoms with Crippen molar-refractivity contribution in [1.29, 1.82) is 0 Å². The first-order valence-electron chi connectivity index (χ1n) is 7.01. The largest absolute Gasteiger partial charge is 0.466 e. The summed E-state index contributed by atoms with van der Waals surface area (Å²) in [4.78, 5) is 12.1. The molecule has 0 saturated carbocycles. The lowest BCUT2D eigenvalue weighted by molar-refractivity contribution is -0.121. The lowest BCUT2D eigenvalue weighted by Crippen LogP contribution is -2.39. The summed E-state index contributed by atoms with van der Waals surface area (Å²) in [5.74, 6) is 0.223. The summed E-state index contributed by atoms with van der Waals surface area (Å²) < 4.78 is 5.18. The zero-order chi connectivity index (χ0) is 15.6. The van der Waals surface area contributed by atoms with Crippen molar-refractivity contribution in [3.8, 4) is 0 Å². The Labute approximate surface area is 127 Å². The number of carbonyl (C=O) groups excluding carboxylic acids is 1. The number of rotatable bonds is 5. The van der Waals surface area contributed by atoms with Crippen LogP contribution in [0.3, 0.4) is 0 Å². The van der Waals surface area contributed by atoms with E-state index in [9.17, 15) is 9.90 Å². The zero-order valence-electron chi connectivity index (χ0n) is 12.2. The summed E-state index contributed by atoms with van der Waals surface area (Å²) >= 11 is 0. The first-order valence-corrected chi connectivity index (χ1v) is 7.01. The second-order valence-electron chi connectivity index (χ2n) is 5.42. The van der Waals surface area contributed by atoms with Gasteiger partial charge in [-0.05, 0) is 25.1 Å². The van der Waals surface area contributed by atoms with E-state index in [2.05, 4.69) is 15.5 Å². The Bertz CT molecular complexity index is 775. The number of fused-ring (bicyclic) bond motifs is 1. The summed E-state index contributed by atoms with van der Waals surface area (Å²) in [7, 11) is 0. The summed E-state index contributed by atoms with van der Waals surface area (Å²) in [6, 6.07) is 11.0. The highest BCUT2D eigenvalue weighted by Gasteiger charge is 2.26. The van der Waals surface area contributed by atoms with E-state index in [1.54, 1.807) is 19.1 Å². The van der Waals surface area contributed by atoms with Gasteiger partial charge < -0.3 is 14.8 Å². The van der Waals surface area contributed by atoms with Crippen molar-refractivity contribution < 1.29 is 14.3 Å². The van der Waals surface area contributed by atoms with Crippen LogP contribution in [0.5, 0.6) is 0 Å². The number of furan rings is 1. The van der Waals surface area contributed by atoms with Gasteiger partial charge in [-0.1, -0.05) is 18.2 Å². The highest BCUT2D eigenvalue weighted by atomic mass is 16.4. The number of benzene rings is 1. The highest BCUT2D eigenvalue weighted by Crippen LogP contribution is 2.20. The molecule has 1 atom stereocenters. The molecular weight excluding hydrogens is 282 g/mol. The molecule has 0 aliphatic carbocycles. The van der Waals surface area contributed by atoms with Crippen LogP contribution in [0.25, 0.3) is 10.9 Å². The lowest BCUT2D eigenvalue weighted by Gasteiger charge is -2.21. The monoisotopic (exact) mass is 299 g/mol. The SMILES string of the molecule is C[C@](O)(CNC(=O)Cc1[nH]nc2ccccc12)c1ccco1. The van der Waals surface area contributed by atoms with Crippen LogP contribution < -0.4 is 5.32 Å². The average molecular weight is 299 g/mol. The molecule has 0 aliphatic rings. The molecule has 0 spiro atoms. The fourth-order valence-electron chi connectivity index (χ4n) is 2.31. The highest BCUT2D eigenvalue weighted by molar-refractivity contribution is 5.87. The minimum Gasteiger partial charge on any atom is -0.466 e. The fraction of sp³-hybridized carbons (Fsp3) is 0.250. The van der Waals surface area contributed by atoms with E-state index in [-0.39, 0.29) is 18.9 Å². The van der Waals surface area contributed by atoms with Crippen LogP contribution in [0.1, 0.15) is 18.4 Å². The van der Waals surface area contributed by atoms with Crippen molar-refractivity contribution in [1.82, 2.24) is 15.5 Å². The molecule has 3 rings (SSSR count). The molecule has 0 saturated heterocycles. The number of nitrogens with one attached hydrogen (secondary N) is 2. The minimum atomic E-state index is -1.24. The number of hydrogen-bond donors (Lipinski definition) is 3. The van der Waals surface area contributed by atoms with Gasteiger partial charge in [-0.25, -0.2) is 0 Å². The van der Waals surface area contributed by atoms with Gasteiger partial charge in [-0.15, -0.1) is 0 Å². The van der Waals surface area contributed by atoms with Crippen LogP contribution in [0.4, 0.5) is 0 Å². The number of aromatic nitrogens is 2. The lowest BCUT2D eigenvalue weighted by atomic mass is 10.0. The number of aromatic amines is 1. The van der Waals surface area contributed by atoms with Crippen LogP contribution in [0, 0.1) is 0 Å². The fourth-order valence-corrected chi connectivity index (χ4v) is 2.31. The van der Waals surface area contributed by atoms with E-state index in [4.69, 9.17) is 4.42 Å². The van der Waals surface area contributed by atoms with Gasteiger partial charge in [0.2, 0.25) is 5.91 Å². The smallest absolute Gasteiger partial charge is 0.226 e. The summed E-state index contributed by atoms with van der Waals surface area (Å²) in [6.45, 7) is 1.67. The molecule has 2 aromatic heterocycles. The Kier molecular flexibility index (Phi) is 3.68. The predicted octanol–water partition coefficient (Wildman–Crippen LogP) is 1.72. The molecule has 0 fully saturated rings. The Balaban J connectivity index is 1.63. The van der Waals surface area contributed by atoms with E-state index >= 15 is 0 Å². The molecular formula is C16H17N3O3. The molecule has 3 aromatic rings. The van der Waals surface area contributed by atoms with Gasteiger partial charge in [-0.2, -0.15) is 5.10 Å². The van der Waals surface area contributed by atoms with Gasteiger partial charge in [0.1, 0.15) is 11.4 Å². The molecule has 6 nitrogen and oxygen atoms in total. The maximum atomic E-state index is 12.1. The number of para-hydroxylation sites is 1. The van der Waals surface area contributed by atoms with Crippen molar-refractivity contribution in [2.24, 2.45) is 0 Å². The second-order valence-corrected chi connectivity index (χ2v) is 5.42. The third-order valence-electron chi connectivity index (χ3n) is 3.56. The van der Waals surface area contributed by atoms with Crippen molar-refractivity contribution in [3.05, 3.63) is 54.1 Å². The molecule has 1 aromatic carbocycles. The van der Waals surface area contributed by atoms with Crippen molar-refractivity contribution in [2.45, 2.75) is 18.9 Å². The Hall–Kier alpha value is -2.60. The van der Waals surface area contributed by atoms with Crippen LogP contribution in [-0.4, -0.2) is 27.8 Å². The summed E-state index contributed by atoms with van der Waals surface area (Å²) in [5.41, 5.74) is 0.341. The number of aliphatic hydroxyl groups is 1. The Morgan fingerprint density at radius 2 is 2.18 bits per heavy atom. The van der Waals surface area contributed by atoms with E-state index < -0.39 is 5.60 Å². The van der Waals surface area contributed by atoms with E-state index in [1.807, 2.05) is 24.3 Å². The normalized spacial score (nSPS) is 13.9. The molecule has 22 heavy (non-hydrogen) atoms. The van der Waals surface area contributed by atoms with Gasteiger partial charge in [0.15, 0.2) is 0 Å². The third kappa shape index (κ3) is 2.87. The molecule has 0 bridgehead atoms. The topological polar surface area (TPSA) is 91.2 Å². The summed E-state index contributed by atoms with van der Waals surface area (Å²) in [5, 5.41) is 21.0. The zero-order valence-corrected chi connectivity index (χ0v) is 12.2. The van der Waals surface area contributed by atoms with Crippen molar-refractivity contribution in [2.75, 3.05) is 6.54 Å².